The van der Waals surface area contributed by atoms with Crippen molar-refractivity contribution in [1.82, 2.24) is 10.2 Å². The number of carbonyl (C=O) groups excluding carboxylic acids is 2. The number of carbonyl (C=O) groups is 2. The van der Waals surface area contributed by atoms with Crippen LogP contribution in [-0.2, 0) is 28.0 Å². The third kappa shape index (κ3) is 8.84. The maximum absolute atomic E-state index is 13.8. The fraction of sp³-hybridized carbons (Fsp3) is 0.375. The molecule has 0 bridgehead atoms. The summed E-state index contributed by atoms with van der Waals surface area (Å²) in [5.74, 6) is 0.0592. The van der Waals surface area contributed by atoms with Gasteiger partial charge in [0, 0.05) is 24.0 Å². The smallest absolute Gasteiger partial charge is 0.261 e. The quantitative estimate of drug-likeness (QED) is 0.246. The third-order valence-electron chi connectivity index (χ3n) is 6.72. The van der Waals surface area contributed by atoms with Crippen LogP contribution in [0.1, 0.15) is 57.7 Å². The first-order valence-electron chi connectivity index (χ1n) is 13.3. The van der Waals surface area contributed by atoms with Crippen molar-refractivity contribution in [3.05, 3.63) is 99.0 Å². The summed E-state index contributed by atoms with van der Waals surface area (Å²) in [5, 5.41) is 3.61. The molecule has 2 atom stereocenters. The summed E-state index contributed by atoms with van der Waals surface area (Å²) in [6.45, 7) is 10.4. The maximum atomic E-state index is 13.8. The number of benzene rings is 3. The van der Waals surface area contributed by atoms with Crippen molar-refractivity contribution >= 4 is 39.3 Å². The zero-order chi connectivity index (χ0) is 28.6. The Morgan fingerprint density at radius 1 is 1.03 bits per heavy atom. The van der Waals surface area contributed by atoms with Crippen LogP contribution in [-0.4, -0.2) is 35.4 Å². The molecule has 3 aromatic rings. The molecule has 208 valence electrons. The highest BCUT2D eigenvalue weighted by atomic mass is 79.9. The Kier molecular flexibility index (Phi) is 11.0. The molecule has 0 saturated carbocycles. The second-order valence-electron chi connectivity index (χ2n) is 10.8. The summed E-state index contributed by atoms with van der Waals surface area (Å²) in [4.78, 5) is 29.0. The highest BCUT2D eigenvalue weighted by Crippen LogP contribution is 2.31. The van der Waals surface area contributed by atoms with E-state index >= 15 is 0 Å². The standard InChI is InChI=1S/C32H38BrClN2O3/c1-6-22(2)35-31(38)28(18-23-12-8-7-9-13-23)36(20-24-14-10-11-15-27(24)34)30(37)21-39-29-17-16-25(19-26(29)33)32(3,4)5/h7-17,19,22,28H,6,18,20-21H2,1-5H3,(H,35,38). The predicted molar refractivity (Wildman–Crippen MR) is 162 cm³/mol. The Balaban J connectivity index is 1.93. The normalized spacial score (nSPS) is 12.9. The molecular formula is C32H38BrClN2O3. The molecule has 7 heteroatoms. The molecule has 0 aliphatic rings. The molecule has 0 aliphatic carbocycles. The number of ether oxygens (including phenoxy) is 1. The van der Waals surface area contributed by atoms with E-state index in [2.05, 4.69) is 42.0 Å². The molecule has 1 N–H and O–H groups in total. The van der Waals surface area contributed by atoms with Gasteiger partial charge in [-0.05, 0) is 69.6 Å². The van der Waals surface area contributed by atoms with Gasteiger partial charge in [0.05, 0.1) is 4.47 Å². The molecule has 3 aromatic carbocycles. The summed E-state index contributed by atoms with van der Waals surface area (Å²) in [6.07, 6.45) is 1.15. The van der Waals surface area contributed by atoms with Gasteiger partial charge >= 0.3 is 0 Å². The van der Waals surface area contributed by atoms with Gasteiger partial charge in [-0.3, -0.25) is 9.59 Å². The average Bonchev–Trinajstić information content (AvgIpc) is 2.90. The van der Waals surface area contributed by atoms with E-state index in [4.69, 9.17) is 16.3 Å². The zero-order valence-corrected chi connectivity index (χ0v) is 25.7. The van der Waals surface area contributed by atoms with Crippen LogP contribution in [0.2, 0.25) is 5.02 Å². The molecule has 0 radical (unpaired) electrons. The molecule has 3 rings (SSSR count). The number of rotatable bonds is 11. The van der Waals surface area contributed by atoms with Crippen molar-refractivity contribution in [1.29, 1.82) is 0 Å². The van der Waals surface area contributed by atoms with Gasteiger partial charge in [-0.15, -0.1) is 0 Å². The first kappa shape index (κ1) is 30.7. The average molecular weight is 614 g/mol. The molecule has 0 aliphatic heterocycles. The molecule has 2 unspecified atom stereocenters. The van der Waals surface area contributed by atoms with Crippen LogP contribution in [0.15, 0.2) is 77.3 Å². The van der Waals surface area contributed by atoms with Crippen molar-refractivity contribution in [3.63, 3.8) is 0 Å². The van der Waals surface area contributed by atoms with E-state index in [-0.39, 0.29) is 36.4 Å². The number of hydrogen-bond acceptors (Lipinski definition) is 3. The van der Waals surface area contributed by atoms with Crippen LogP contribution in [0.25, 0.3) is 0 Å². The highest BCUT2D eigenvalue weighted by molar-refractivity contribution is 9.10. The van der Waals surface area contributed by atoms with E-state index < -0.39 is 6.04 Å². The molecule has 2 amide bonds. The van der Waals surface area contributed by atoms with Crippen LogP contribution in [0.3, 0.4) is 0 Å². The molecule has 0 aromatic heterocycles. The minimum Gasteiger partial charge on any atom is -0.483 e. The van der Waals surface area contributed by atoms with E-state index in [1.807, 2.05) is 80.6 Å². The van der Waals surface area contributed by atoms with E-state index in [9.17, 15) is 9.59 Å². The lowest BCUT2D eigenvalue weighted by molar-refractivity contribution is -0.143. The number of amides is 2. The first-order chi connectivity index (χ1) is 18.5. The lowest BCUT2D eigenvalue weighted by Crippen LogP contribution is -2.53. The number of nitrogens with zero attached hydrogens (tertiary/aromatic N) is 1. The van der Waals surface area contributed by atoms with E-state index in [1.165, 1.54) is 0 Å². The fourth-order valence-corrected chi connectivity index (χ4v) is 4.80. The summed E-state index contributed by atoms with van der Waals surface area (Å²) >= 11 is 10.1. The topological polar surface area (TPSA) is 58.6 Å². The lowest BCUT2D eigenvalue weighted by atomic mass is 9.87. The maximum Gasteiger partial charge on any atom is 0.261 e. The summed E-state index contributed by atoms with van der Waals surface area (Å²) < 4.78 is 6.77. The fourth-order valence-electron chi connectivity index (χ4n) is 4.11. The van der Waals surface area contributed by atoms with Crippen LogP contribution >= 0.6 is 27.5 Å². The van der Waals surface area contributed by atoms with Gasteiger partial charge in [0.25, 0.3) is 5.91 Å². The monoisotopic (exact) mass is 612 g/mol. The Bertz CT molecular complexity index is 1260. The van der Waals surface area contributed by atoms with Crippen LogP contribution in [0.5, 0.6) is 5.75 Å². The number of nitrogens with one attached hydrogen (secondary N) is 1. The molecule has 39 heavy (non-hydrogen) atoms. The summed E-state index contributed by atoms with van der Waals surface area (Å²) in [7, 11) is 0. The third-order valence-corrected chi connectivity index (χ3v) is 7.71. The van der Waals surface area contributed by atoms with Gasteiger partial charge in [0.1, 0.15) is 11.8 Å². The molecular weight excluding hydrogens is 576 g/mol. The van der Waals surface area contributed by atoms with Gasteiger partial charge in [0.15, 0.2) is 6.61 Å². The minimum atomic E-state index is -0.750. The number of hydrogen-bond donors (Lipinski definition) is 1. The van der Waals surface area contributed by atoms with Crippen molar-refractivity contribution < 1.29 is 14.3 Å². The van der Waals surface area contributed by atoms with Crippen molar-refractivity contribution in [3.8, 4) is 5.75 Å². The Hall–Kier alpha value is -2.83. The van der Waals surface area contributed by atoms with E-state index in [0.717, 1.165) is 27.6 Å². The second-order valence-corrected chi connectivity index (χ2v) is 12.1. The van der Waals surface area contributed by atoms with Gasteiger partial charge < -0.3 is 15.0 Å². The molecule has 0 spiro atoms. The van der Waals surface area contributed by atoms with Gasteiger partial charge in [-0.1, -0.05) is 93.9 Å². The van der Waals surface area contributed by atoms with Gasteiger partial charge in [0.2, 0.25) is 5.91 Å². The Morgan fingerprint density at radius 2 is 1.69 bits per heavy atom. The van der Waals surface area contributed by atoms with Crippen LogP contribution in [0, 0.1) is 0 Å². The predicted octanol–water partition coefficient (Wildman–Crippen LogP) is 7.33. The van der Waals surface area contributed by atoms with Crippen molar-refractivity contribution in [2.45, 2.75) is 71.5 Å². The largest absolute Gasteiger partial charge is 0.483 e. The van der Waals surface area contributed by atoms with Gasteiger partial charge in [-0.2, -0.15) is 0 Å². The van der Waals surface area contributed by atoms with E-state index in [0.29, 0.717) is 17.2 Å². The lowest BCUT2D eigenvalue weighted by Gasteiger charge is -2.32. The molecule has 0 saturated heterocycles. The summed E-state index contributed by atoms with van der Waals surface area (Å²) in [6, 6.07) is 22.2. The SMILES string of the molecule is CCC(C)NC(=O)C(Cc1ccccc1)N(Cc1ccccc1Cl)C(=O)COc1ccc(C(C)(C)C)cc1Br. The number of halogens is 2. The van der Waals surface area contributed by atoms with E-state index in [1.54, 1.807) is 11.0 Å². The van der Waals surface area contributed by atoms with Crippen molar-refractivity contribution in [2.24, 2.45) is 0 Å². The Labute approximate surface area is 246 Å². The van der Waals surface area contributed by atoms with Crippen LogP contribution < -0.4 is 10.1 Å². The highest BCUT2D eigenvalue weighted by Gasteiger charge is 2.31. The first-order valence-corrected chi connectivity index (χ1v) is 14.5. The second kappa shape index (κ2) is 14.0. The Morgan fingerprint density at radius 3 is 2.31 bits per heavy atom. The molecule has 0 fully saturated rings. The van der Waals surface area contributed by atoms with Crippen LogP contribution in [0.4, 0.5) is 0 Å². The molecule has 5 nitrogen and oxygen atoms in total. The summed E-state index contributed by atoms with van der Waals surface area (Å²) in [5.41, 5.74) is 2.85. The van der Waals surface area contributed by atoms with Gasteiger partial charge in [-0.25, -0.2) is 0 Å². The zero-order valence-electron chi connectivity index (χ0n) is 23.3. The minimum absolute atomic E-state index is 0.0176. The molecule has 0 heterocycles. The van der Waals surface area contributed by atoms with Crippen molar-refractivity contribution in [2.75, 3.05) is 6.61 Å².